The lowest BCUT2D eigenvalue weighted by molar-refractivity contribution is -0.153. The molecule has 0 heterocycles. The Morgan fingerprint density at radius 2 is 2.22 bits per heavy atom. The fourth-order valence-corrected chi connectivity index (χ4v) is 0.237. The van der Waals surface area contributed by atoms with Gasteiger partial charge < -0.3 is 15.2 Å². The molecule has 52 valence electrons. The van der Waals surface area contributed by atoms with Gasteiger partial charge in [-0.1, -0.05) is 0 Å². The molecule has 0 rings (SSSR count). The van der Waals surface area contributed by atoms with Crippen molar-refractivity contribution in [1.29, 1.82) is 0 Å². The summed E-state index contributed by atoms with van der Waals surface area (Å²) in [4.78, 5) is 20.4. The van der Waals surface area contributed by atoms with E-state index in [4.69, 9.17) is 5.11 Å². The van der Waals surface area contributed by atoms with Crippen LogP contribution in [0, 0.1) is 0 Å². The standard InChI is InChI=1S/C4H7NO4/c1-9-4(8)3(7)5-2-6/h6H,2H2,1H3,(H,5,7). The van der Waals surface area contributed by atoms with E-state index in [1.807, 2.05) is 5.32 Å². The van der Waals surface area contributed by atoms with Crippen LogP contribution >= 0.6 is 0 Å². The first-order valence-electron chi connectivity index (χ1n) is 2.19. The Morgan fingerprint density at radius 3 is 2.56 bits per heavy atom. The number of esters is 1. The summed E-state index contributed by atoms with van der Waals surface area (Å²) in [6.07, 6.45) is 0. The maximum atomic E-state index is 10.2. The highest BCUT2D eigenvalue weighted by Gasteiger charge is 2.10. The molecular weight excluding hydrogens is 126 g/mol. The Labute approximate surface area is 51.6 Å². The summed E-state index contributed by atoms with van der Waals surface area (Å²) in [7, 11) is 1.08. The molecule has 0 aliphatic rings. The molecule has 9 heavy (non-hydrogen) atoms. The van der Waals surface area contributed by atoms with Gasteiger partial charge in [-0.2, -0.15) is 0 Å². The van der Waals surface area contributed by atoms with Gasteiger partial charge in [-0.3, -0.25) is 4.79 Å². The van der Waals surface area contributed by atoms with Gasteiger partial charge in [-0.15, -0.1) is 0 Å². The SMILES string of the molecule is COC(=O)C(=O)NCO. The summed E-state index contributed by atoms with van der Waals surface area (Å²) in [6, 6.07) is 0. The number of rotatable bonds is 1. The van der Waals surface area contributed by atoms with Crippen LogP contribution in [-0.4, -0.2) is 30.8 Å². The van der Waals surface area contributed by atoms with Gasteiger partial charge >= 0.3 is 11.9 Å². The van der Waals surface area contributed by atoms with Crippen molar-refractivity contribution in [2.24, 2.45) is 0 Å². The Kier molecular flexibility index (Phi) is 3.38. The van der Waals surface area contributed by atoms with Crippen LogP contribution in [0.3, 0.4) is 0 Å². The molecule has 0 aromatic carbocycles. The molecule has 0 aromatic rings. The summed E-state index contributed by atoms with van der Waals surface area (Å²) >= 11 is 0. The number of hydrogen-bond acceptors (Lipinski definition) is 4. The molecule has 5 nitrogen and oxygen atoms in total. The Morgan fingerprint density at radius 1 is 1.67 bits per heavy atom. The third kappa shape index (κ3) is 2.65. The van der Waals surface area contributed by atoms with Crippen molar-refractivity contribution in [3.05, 3.63) is 0 Å². The molecule has 0 bridgehead atoms. The van der Waals surface area contributed by atoms with Crippen molar-refractivity contribution in [2.45, 2.75) is 0 Å². The molecule has 0 unspecified atom stereocenters. The monoisotopic (exact) mass is 133 g/mol. The molecule has 0 saturated carbocycles. The molecule has 0 aliphatic carbocycles. The Hall–Kier alpha value is -1.10. The molecule has 5 heteroatoms. The molecule has 0 aromatic heterocycles. The van der Waals surface area contributed by atoms with Gasteiger partial charge in [0.2, 0.25) is 0 Å². The van der Waals surface area contributed by atoms with E-state index in [1.54, 1.807) is 0 Å². The van der Waals surface area contributed by atoms with E-state index >= 15 is 0 Å². The number of methoxy groups -OCH3 is 1. The highest BCUT2D eigenvalue weighted by atomic mass is 16.5. The number of carbonyl (C=O) groups is 2. The minimum atomic E-state index is -1.01. The zero-order valence-electron chi connectivity index (χ0n) is 4.88. The topological polar surface area (TPSA) is 75.6 Å². The first-order chi connectivity index (χ1) is 4.22. The third-order valence-corrected chi connectivity index (χ3v) is 0.610. The smallest absolute Gasteiger partial charge is 0.396 e. The highest BCUT2D eigenvalue weighted by molar-refractivity contribution is 6.32. The predicted molar refractivity (Wildman–Crippen MR) is 27.2 cm³/mol. The Balaban J connectivity index is 3.60. The van der Waals surface area contributed by atoms with Crippen molar-refractivity contribution < 1.29 is 19.4 Å². The van der Waals surface area contributed by atoms with Crippen LogP contribution < -0.4 is 5.32 Å². The summed E-state index contributed by atoms with van der Waals surface area (Å²) in [6.45, 7) is -0.562. The normalized spacial score (nSPS) is 8.22. The minimum Gasteiger partial charge on any atom is -0.462 e. The quantitative estimate of drug-likeness (QED) is 0.252. The lowest BCUT2D eigenvalue weighted by atomic mass is 10.6. The number of aliphatic hydroxyl groups excluding tert-OH is 1. The number of nitrogens with one attached hydrogen (secondary N) is 1. The van der Waals surface area contributed by atoms with Crippen LogP contribution in [0.5, 0.6) is 0 Å². The summed E-state index contributed by atoms with van der Waals surface area (Å²) in [5.74, 6) is -1.95. The second-order valence-corrected chi connectivity index (χ2v) is 1.16. The zero-order chi connectivity index (χ0) is 7.28. The maximum Gasteiger partial charge on any atom is 0.396 e. The van der Waals surface area contributed by atoms with E-state index in [0.29, 0.717) is 0 Å². The van der Waals surface area contributed by atoms with Crippen molar-refractivity contribution >= 4 is 11.9 Å². The minimum absolute atomic E-state index is 0.562. The molecule has 0 fully saturated rings. The molecule has 2 N–H and O–H groups in total. The first-order valence-corrected chi connectivity index (χ1v) is 2.19. The molecule has 0 saturated heterocycles. The van der Waals surface area contributed by atoms with Crippen LogP contribution in [-0.2, 0) is 14.3 Å². The fourth-order valence-electron chi connectivity index (χ4n) is 0.237. The average molecular weight is 133 g/mol. The molecule has 0 radical (unpaired) electrons. The van der Waals surface area contributed by atoms with E-state index in [2.05, 4.69) is 4.74 Å². The number of hydrogen-bond donors (Lipinski definition) is 2. The maximum absolute atomic E-state index is 10.2. The van der Waals surface area contributed by atoms with Gasteiger partial charge in [0.1, 0.15) is 6.73 Å². The van der Waals surface area contributed by atoms with Gasteiger partial charge in [-0.05, 0) is 0 Å². The third-order valence-electron chi connectivity index (χ3n) is 0.610. The number of amides is 1. The lowest BCUT2D eigenvalue weighted by Gasteiger charge is -1.96. The molecule has 0 atom stereocenters. The number of aliphatic hydroxyl groups is 1. The predicted octanol–water partition coefficient (Wildman–Crippen LogP) is -1.77. The molecular formula is C4H7NO4. The van der Waals surface area contributed by atoms with Crippen molar-refractivity contribution in [1.82, 2.24) is 5.32 Å². The van der Waals surface area contributed by atoms with Gasteiger partial charge in [0.15, 0.2) is 0 Å². The van der Waals surface area contributed by atoms with Crippen LogP contribution in [0.25, 0.3) is 0 Å². The molecule has 1 amide bonds. The van der Waals surface area contributed by atoms with Crippen LogP contribution in [0.15, 0.2) is 0 Å². The first kappa shape index (κ1) is 7.90. The van der Waals surface area contributed by atoms with E-state index in [1.165, 1.54) is 0 Å². The van der Waals surface area contributed by atoms with Crippen LogP contribution in [0.2, 0.25) is 0 Å². The van der Waals surface area contributed by atoms with Crippen molar-refractivity contribution in [3.8, 4) is 0 Å². The van der Waals surface area contributed by atoms with Crippen LogP contribution in [0.4, 0.5) is 0 Å². The van der Waals surface area contributed by atoms with Gasteiger partial charge in [0, 0.05) is 0 Å². The molecule has 0 aliphatic heterocycles. The van der Waals surface area contributed by atoms with Gasteiger partial charge in [0.05, 0.1) is 7.11 Å². The van der Waals surface area contributed by atoms with Crippen molar-refractivity contribution in [2.75, 3.05) is 13.8 Å². The van der Waals surface area contributed by atoms with Crippen LogP contribution in [0.1, 0.15) is 0 Å². The van der Waals surface area contributed by atoms with E-state index in [9.17, 15) is 9.59 Å². The zero-order valence-corrected chi connectivity index (χ0v) is 4.88. The second-order valence-electron chi connectivity index (χ2n) is 1.16. The second kappa shape index (κ2) is 3.85. The van der Waals surface area contributed by atoms with E-state index in [-0.39, 0.29) is 0 Å². The van der Waals surface area contributed by atoms with E-state index in [0.717, 1.165) is 7.11 Å². The fraction of sp³-hybridized carbons (Fsp3) is 0.500. The number of ether oxygens (including phenoxy) is 1. The summed E-state index contributed by atoms with van der Waals surface area (Å²) in [5, 5.41) is 9.88. The average Bonchev–Trinajstić information content (AvgIpc) is 1.87. The van der Waals surface area contributed by atoms with Gasteiger partial charge in [-0.25, -0.2) is 4.79 Å². The highest BCUT2D eigenvalue weighted by Crippen LogP contribution is 1.70. The molecule has 0 spiro atoms. The lowest BCUT2D eigenvalue weighted by Crippen LogP contribution is -2.32. The van der Waals surface area contributed by atoms with Crippen molar-refractivity contribution in [3.63, 3.8) is 0 Å². The summed E-state index contributed by atoms with van der Waals surface area (Å²) < 4.78 is 4.00. The van der Waals surface area contributed by atoms with E-state index < -0.39 is 18.6 Å². The Bertz CT molecular complexity index is 122. The van der Waals surface area contributed by atoms with Gasteiger partial charge in [0.25, 0.3) is 0 Å². The summed E-state index contributed by atoms with van der Waals surface area (Å²) in [5.41, 5.74) is 0. The number of carbonyl (C=O) groups excluding carboxylic acids is 2. The largest absolute Gasteiger partial charge is 0.462 e.